The van der Waals surface area contributed by atoms with Crippen LogP contribution in [0.15, 0.2) is 34.9 Å². The maximum Gasteiger partial charge on any atom is 0.140 e. The van der Waals surface area contributed by atoms with Crippen LogP contribution in [0, 0.1) is 6.92 Å². The number of methoxy groups -OCH3 is 1. The highest BCUT2D eigenvalue weighted by Gasteiger charge is 2.10. The molecule has 104 valence electrons. The Kier molecular flexibility index (Phi) is 4.57. The lowest BCUT2D eigenvalue weighted by Crippen LogP contribution is -2.14. The van der Waals surface area contributed by atoms with Gasteiger partial charge in [0.05, 0.1) is 12.7 Å². The Balaban J connectivity index is 2.42. The average molecular weight is 352 g/mol. The van der Waals surface area contributed by atoms with Gasteiger partial charge in [-0.1, -0.05) is 28.1 Å². The largest absolute Gasteiger partial charge is 0.497 e. The first-order chi connectivity index (χ1) is 9.51. The van der Waals surface area contributed by atoms with Gasteiger partial charge < -0.3 is 15.8 Å². The van der Waals surface area contributed by atoms with Crippen molar-refractivity contribution in [2.45, 2.75) is 6.92 Å². The van der Waals surface area contributed by atoms with Crippen LogP contribution >= 0.6 is 28.1 Å². The number of ether oxygens (including phenoxy) is 1. The van der Waals surface area contributed by atoms with Crippen molar-refractivity contribution in [2.75, 3.05) is 12.4 Å². The van der Waals surface area contributed by atoms with Crippen molar-refractivity contribution >= 4 is 44.6 Å². The molecular weight excluding hydrogens is 338 g/mol. The van der Waals surface area contributed by atoms with Crippen LogP contribution in [0.4, 0.5) is 11.5 Å². The topological polar surface area (TPSA) is 60.2 Å². The van der Waals surface area contributed by atoms with E-state index < -0.39 is 0 Å². The minimum Gasteiger partial charge on any atom is -0.497 e. The molecule has 3 N–H and O–H groups in total. The smallest absolute Gasteiger partial charge is 0.140 e. The molecular formula is C14H14BrN3OS. The predicted molar refractivity (Wildman–Crippen MR) is 88.8 cm³/mol. The number of hydrogen-bond donors (Lipinski definition) is 2. The number of nitrogens with zero attached hydrogens (tertiary/aromatic N) is 1. The molecule has 1 heterocycles. The fourth-order valence-corrected chi connectivity index (χ4v) is 2.58. The molecule has 4 nitrogen and oxygen atoms in total. The van der Waals surface area contributed by atoms with Crippen LogP contribution in [0.25, 0.3) is 0 Å². The third-order valence-corrected chi connectivity index (χ3v) is 3.44. The normalized spacial score (nSPS) is 10.2. The Morgan fingerprint density at radius 3 is 2.80 bits per heavy atom. The SMILES string of the molecule is COc1cc(Br)cc(Nc2nccc(C)c2C(N)=S)c1. The summed E-state index contributed by atoms with van der Waals surface area (Å²) in [4.78, 5) is 4.63. The number of rotatable bonds is 4. The van der Waals surface area contributed by atoms with Crippen molar-refractivity contribution in [2.24, 2.45) is 5.73 Å². The summed E-state index contributed by atoms with van der Waals surface area (Å²) < 4.78 is 6.14. The number of aryl methyl sites for hydroxylation is 1. The zero-order chi connectivity index (χ0) is 14.7. The third-order valence-electron chi connectivity index (χ3n) is 2.78. The van der Waals surface area contributed by atoms with Gasteiger partial charge in [0.1, 0.15) is 16.6 Å². The zero-order valence-corrected chi connectivity index (χ0v) is 13.5. The van der Waals surface area contributed by atoms with E-state index in [4.69, 9.17) is 22.7 Å². The number of pyridine rings is 1. The summed E-state index contributed by atoms with van der Waals surface area (Å²) in [6.07, 6.45) is 1.72. The van der Waals surface area contributed by atoms with Crippen LogP contribution in [-0.2, 0) is 0 Å². The van der Waals surface area contributed by atoms with Crippen LogP contribution in [0.2, 0.25) is 0 Å². The molecule has 0 aliphatic heterocycles. The van der Waals surface area contributed by atoms with Crippen molar-refractivity contribution in [3.05, 3.63) is 46.1 Å². The van der Waals surface area contributed by atoms with Crippen LogP contribution < -0.4 is 15.8 Å². The summed E-state index contributed by atoms with van der Waals surface area (Å²) in [5.74, 6) is 1.38. The molecule has 0 fully saturated rings. The van der Waals surface area contributed by atoms with Gasteiger partial charge in [0.2, 0.25) is 0 Å². The fourth-order valence-electron chi connectivity index (χ4n) is 1.85. The molecule has 2 aromatic rings. The molecule has 0 amide bonds. The van der Waals surface area contributed by atoms with Gasteiger partial charge in [-0.05, 0) is 30.7 Å². The molecule has 0 spiro atoms. The number of anilines is 2. The van der Waals surface area contributed by atoms with Crippen LogP contribution in [0.3, 0.4) is 0 Å². The molecule has 0 radical (unpaired) electrons. The lowest BCUT2D eigenvalue weighted by Gasteiger charge is -2.13. The van der Waals surface area contributed by atoms with E-state index in [-0.39, 0.29) is 0 Å². The highest BCUT2D eigenvalue weighted by Crippen LogP contribution is 2.28. The molecule has 0 saturated heterocycles. The summed E-state index contributed by atoms with van der Waals surface area (Å²) in [6, 6.07) is 7.55. The fraction of sp³-hybridized carbons (Fsp3) is 0.143. The van der Waals surface area contributed by atoms with E-state index >= 15 is 0 Å². The van der Waals surface area contributed by atoms with Crippen molar-refractivity contribution in [1.82, 2.24) is 4.98 Å². The molecule has 0 saturated carbocycles. The maximum atomic E-state index is 5.77. The van der Waals surface area contributed by atoms with E-state index in [9.17, 15) is 0 Å². The van der Waals surface area contributed by atoms with E-state index in [1.165, 1.54) is 0 Å². The molecule has 1 aromatic heterocycles. The van der Waals surface area contributed by atoms with Gasteiger partial charge in [-0.15, -0.1) is 0 Å². The van der Waals surface area contributed by atoms with Gasteiger partial charge in [-0.2, -0.15) is 0 Å². The minimum atomic E-state index is 0.320. The second-order valence-corrected chi connectivity index (χ2v) is 5.58. The van der Waals surface area contributed by atoms with Crippen molar-refractivity contribution in [3.63, 3.8) is 0 Å². The van der Waals surface area contributed by atoms with Crippen molar-refractivity contribution in [1.29, 1.82) is 0 Å². The number of halogens is 1. The highest BCUT2D eigenvalue weighted by atomic mass is 79.9. The first-order valence-corrected chi connectivity index (χ1v) is 7.08. The average Bonchev–Trinajstić information content (AvgIpc) is 2.37. The van der Waals surface area contributed by atoms with Gasteiger partial charge in [0.15, 0.2) is 0 Å². The van der Waals surface area contributed by atoms with E-state index in [1.807, 2.05) is 31.2 Å². The quantitative estimate of drug-likeness (QED) is 0.825. The van der Waals surface area contributed by atoms with Gasteiger partial charge in [0, 0.05) is 22.4 Å². The van der Waals surface area contributed by atoms with E-state index in [0.29, 0.717) is 10.8 Å². The molecule has 6 heteroatoms. The Bertz CT molecular complexity index is 661. The second kappa shape index (κ2) is 6.19. The van der Waals surface area contributed by atoms with Crippen LogP contribution in [-0.4, -0.2) is 17.1 Å². The Hall–Kier alpha value is -1.66. The lowest BCUT2D eigenvalue weighted by molar-refractivity contribution is 0.415. The number of benzene rings is 1. The summed E-state index contributed by atoms with van der Waals surface area (Å²) >= 11 is 8.53. The number of aromatic nitrogens is 1. The van der Waals surface area contributed by atoms with Gasteiger partial charge >= 0.3 is 0 Å². The number of nitrogens with one attached hydrogen (secondary N) is 1. The summed E-state index contributed by atoms with van der Waals surface area (Å²) in [5, 5.41) is 3.22. The standard InChI is InChI=1S/C14H14BrN3OS/c1-8-3-4-17-14(12(8)13(16)20)18-10-5-9(15)6-11(7-10)19-2/h3-7H,1-2H3,(H2,16,20)(H,17,18). The lowest BCUT2D eigenvalue weighted by atomic mass is 10.1. The molecule has 0 bridgehead atoms. The van der Waals surface area contributed by atoms with Crippen molar-refractivity contribution in [3.8, 4) is 5.75 Å². The Labute approximate surface area is 131 Å². The second-order valence-electron chi connectivity index (χ2n) is 4.22. The van der Waals surface area contributed by atoms with E-state index in [2.05, 4.69) is 26.2 Å². The van der Waals surface area contributed by atoms with E-state index in [0.717, 1.165) is 27.0 Å². The molecule has 0 aliphatic carbocycles. The third kappa shape index (κ3) is 3.26. The number of nitrogens with two attached hydrogens (primary N) is 1. The highest BCUT2D eigenvalue weighted by molar-refractivity contribution is 9.10. The molecule has 1 aromatic carbocycles. The first kappa shape index (κ1) is 14.7. The molecule has 20 heavy (non-hydrogen) atoms. The molecule has 2 rings (SSSR count). The zero-order valence-electron chi connectivity index (χ0n) is 11.1. The van der Waals surface area contributed by atoms with Gasteiger partial charge in [-0.25, -0.2) is 4.98 Å². The predicted octanol–water partition coefficient (Wildman–Crippen LogP) is 3.54. The first-order valence-electron chi connectivity index (χ1n) is 5.88. The van der Waals surface area contributed by atoms with E-state index in [1.54, 1.807) is 13.3 Å². The van der Waals surface area contributed by atoms with Gasteiger partial charge in [0.25, 0.3) is 0 Å². The number of hydrogen-bond acceptors (Lipinski definition) is 4. The number of thiocarbonyl (C=S) groups is 1. The Morgan fingerprint density at radius 2 is 2.15 bits per heavy atom. The van der Waals surface area contributed by atoms with Crippen molar-refractivity contribution < 1.29 is 4.74 Å². The summed E-state index contributed by atoms with van der Waals surface area (Å²) in [5.41, 5.74) is 8.35. The maximum absolute atomic E-state index is 5.77. The minimum absolute atomic E-state index is 0.320. The summed E-state index contributed by atoms with van der Waals surface area (Å²) in [7, 11) is 1.62. The van der Waals surface area contributed by atoms with Crippen LogP contribution in [0.5, 0.6) is 5.75 Å². The molecule has 0 atom stereocenters. The Morgan fingerprint density at radius 1 is 1.40 bits per heavy atom. The monoisotopic (exact) mass is 351 g/mol. The van der Waals surface area contributed by atoms with Gasteiger partial charge in [-0.3, -0.25) is 0 Å². The molecule has 0 unspecified atom stereocenters. The van der Waals surface area contributed by atoms with Crippen LogP contribution in [0.1, 0.15) is 11.1 Å². The summed E-state index contributed by atoms with van der Waals surface area (Å²) in [6.45, 7) is 1.95. The molecule has 0 aliphatic rings.